The number of carbonyl (C=O) groups is 1. The molecule has 0 aliphatic carbocycles. The maximum Gasteiger partial charge on any atom is 0.271 e. The number of methoxy groups -OCH3 is 2. The fourth-order valence-electron chi connectivity index (χ4n) is 4.31. The van der Waals surface area contributed by atoms with Crippen molar-refractivity contribution in [3.8, 4) is 11.5 Å². The molecule has 2 heterocycles. The molecule has 1 aliphatic rings. The van der Waals surface area contributed by atoms with Gasteiger partial charge in [0, 0.05) is 55.8 Å². The van der Waals surface area contributed by atoms with Crippen LogP contribution in [0.4, 0.5) is 11.4 Å². The minimum Gasteiger partial charge on any atom is -0.497 e. The van der Waals surface area contributed by atoms with Crippen LogP contribution in [0.25, 0.3) is 11.0 Å². The zero-order valence-electron chi connectivity index (χ0n) is 24.9. The molecule has 10 nitrogen and oxygen atoms in total. The van der Waals surface area contributed by atoms with Gasteiger partial charge in [-0.05, 0) is 39.0 Å². The van der Waals surface area contributed by atoms with Gasteiger partial charge in [0.1, 0.15) is 41.2 Å². The summed E-state index contributed by atoms with van der Waals surface area (Å²) in [6.07, 6.45) is 3.65. The van der Waals surface area contributed by atoms with E-state index in [9.17, 15) is 4.79 Å². The quantitative estimate of drug-likeness (QED) is 0.319. The van der Waals surface area contributed by atoms with Crippen molar-refractivity contribution in [2.24, 2.45) is 0 Å². The molecule has 1 aromatic heterocycles. The van der Waals surface area contributed by atoms with Gasteiger partial charge in [-0.25, -0.2) is 4.98 Å². The average molecular weight is 585 g/mol. The summed E-state index contributed by atoms with van der Waals surface area (Å²) in [4.78, 5) is 26.5. The van der Waals surface area contributed by atoms with E-state index >= 15 is 0 Å². The number of rotatable bonds is 12. The number of nitrogens with one attached hydrogen (secondary N) is 1. The fraction of sp³-hybridized carbons (Fsp3) is 0.500. The molecule has 2 aromatic carbocycles. The van der Waals surface area contributed by atoms with Crippen LogP contribution in [-0.2, 0) is 20.1 Å². The number of nitrogens with zero attached hydrogens (tertiary/aromatic N) is 4. The summed E-state index contributed by atoms with van der Waals surface area (Å²) in [5, 5.41) is 2.97. The van der Waals surface area contributed by atoms with Crippen molar-refractivity contribution in [2.75, 3.05) is 77.9 Å². The third-order valence-corrected chi connectivity index (χ3v) is 9.22. The number of fused-ring (bicyclic) bond motifs is 1. The number of anilines is 2. The van der Waals surface area contributed by atoms with Gasteiger partial charge in [-0.15, -0.1) is 0 Å². The van der Waals surface area contributed by atoms with Crippen molar-refractivity contribution >= 4 is 39.5 Å². The Kier molecular flexibility index (Phi) is 10.7. The van der Waals surface area contributed by atoms with Gasteiger partial charge in [0.25, 0.3) is 5.91 Å². The predicted octanol–water partition coefficient (Wildman–Crippen LogP) is 3.83. The summed E-state index contributed by atoms with van der Waals surface area (Å²) in [6, 6.07) is 11.6. The highest BCUT2D eigenvalue weighted by Crippen LogP contribution is 2.34. The molecule has 41 heavy (non-hydrogen) atoms. The van der Waals surface area contributed by atoms with Gasteiger partial charge in [-0.1, -0.05) is 0 Å². The minimum atomic E-state index is -0.238. The van der Waals surface area contributed by atoms with Crippen LogP contribution < -0.4 is 19.7 Å². The summed E-state index contributed by atoms with van der Waals surface area (Å²) in [5.41, 5.74) is 3.41. The van der Waals surface area contributed by atoms with Crippen molar-refractivity contribution < 1.29 is 23.2 Å². The summed E-state index contributed by atoms with van der Waals surface area (Å²) >= 11 is -0.216. The second kappa shape index (κ2) is 14.2. The lowest BCUT2D eigenvalue weighted by atomic mass is 10.2. The molecule has 3 aromatic rings. The summed E-state index contributed by atoms with van der Waals surface area (Å²) in [6.45, 7) is 12.2. The van der Waals surface area contributed by atoms with Crippen LogP contribution in [0.3, 0.4) is 0 Å². The lowest BCUT2D eigenvalue weighted by Gasteiger charge is -2.26. The summed E-state index contributed by atoms with van der Waals surface area (Å²) in [5.74, 6) is 1.14. The Morgan fingerprint density at radius 1 is 1.05 bits per heavy atom. The Bertz CT molecular complexity index is 1290. The van der Waals surface area contributed by atoms with E-state index in [1.54, 1.807) is 14.2 Å². The number of morpholine rings is 1. The zero-order chi connectivity index (χ0) is 29.4. The normalized spacial score (nSPS) is 15.0. The first kappa shape index (κ1) is 30.8. The van der Waals surface area contributed by atoms with Crippen LogP contribution in [0.2, 0.25) is 0 Å². The monoisotopic (exact) mass is 584 g/mol. The molecular formula is C30H42N5O5S+. The molecule has 0 saturated carbocycles. The first-order valence-electron chi connectivity index (χ1n) is 13.8. The van der Waals surface area contributed by atoms with Crippen LogP contribution in [-0.4, -0.2) is 98.5 Å². The standard InChI is InChI=1S/C30H41N5O5S/c1-30(2,3)41(6)40-16-13-35(23-17-24(37-4)20-25(18-23)38-5)22-7-8-26-27(19-22)33-28(21-32-26)29(36)31-9-10-34-11-14-39-15-12-34/h7-8,17-21H,9-16H2,1-6H3/p+1. The van der Waals surface area contributed by atoms with Crippen LogP contribution in [0.15, 0.2) is 42.6 Å². The lowest BCUT2D eigenvalue weighted by Crippen LogP contribution is -2.41. The van der Waals surface area contributed by atoms with Crippen molar-refractivity contribution in [3.63, 3.8) is 0 Å². The van der Waals surface area contributed by atoms with E-state index in [-0.39, 0.29) is 27.5 Å². The van der Waals surface area contributed by atoms with Gasteiger partial charge < -0.3 is 24.4 Å². The van der Waals surface area contributed by atoms with Gasteiger partial charge in [0.2, 0.25) is 0 Å². The van der Waals surface area contributed by atoms with Gasteiger partial charge in [0.15, 0.2) is 4.75 Å². The molecular weight excluding hydrogens is 542 g/mol. The largest absolute Gasteiger partial charge is 0.497 e. The molecule has 0 bridgehead atoms. The Balaban J connectivity index is 1.57. The number of benzene rings is 2. The molecule has 222 valence electrons. The van der Waals surface area contributed by atoms with E-state index in [4.69, 9.17) is 18.4 Å². The lowest BCUT2D eigenvalue weighted by molar-refractivity contribution is 0.0383. The van der Waals surface area contributed by atoms with Gasteiger partial charge in [0.05, 0.1) is 51.2 Å². The molecule has 4 rings (SSSR count). The van der Waals surface area contributed by atoms with Crippen molar-refractivity contribution in [2.45, 2.75) is 25.5 Å². The molecule has 1 saturated heterocycles. The third-order valence-electron chi connectivity index (χ3n) is 6.97. The zero-order valence-corrected chi connectivity index (χ0v) is 25.8. The Morgan fingerprint density at radius 2 is 1.76 bits per heavy atom. The van der Waals surface area contributed by atoms with Gasteiger partial charge >= 0.3 is 0 Å². The van der Waals surface area contributed by atoms with Crippen LogP contribution in [0.1, 0.15) is 31.3 Å². The highest BCUT2D eigenvalue weighted by molar-refractivity contribution is 7.93. The van der Waals surface area contributed by atoms with Gasteiger partial charge in [-0.2, -0.15) is 4.18 Å². The van der Waals surface area contributed by atoms with Crippen LogP contribution in [0.5, 0.6) is 11.5 Å². The summed E-state index contributed by atoms with van der Waals surface area (Å²) < 4.78 is 22.8. The Labute approximate surface area is 245 Å². The molecule has 1 fully saturated rings. The molecule has 1 N–H and O–H groups in total. The van der Waals surface area contributed by atoms with E-state index in [2.05, 4.69) is 52.1 Å². The molecule has 1 aliphatic heterocycles. The maximum atomic E-state index is 12.9. The highest BCUT2D eigenvalue weighted by Gasteiger charge is 2.32. The van der Waals surface area contributed by atoms with E-state index in [0.717, 1.165) is 44.2 Å². The SMILES string of the molecule is COc1cc(OC)cc(N(CCO[S+](C)C(C)(C)C)c2ccc3ncc(C(=O)NCCN4CCOCC4)nc3c2)c1. The van der Waals surface area contributed by atoms with Gasteiger partial charge in [-0.3, -0.25) is 14.7 Å². The van der Waals surface area contributed by atoms with E-state index in [1.165, 1.54) is 6.20 Å². The maximum absolute atomic E-state index is 12.9. The Morgan fingerprint density at radius 3 is 2.41 bits per heavy atom. The Hall–Kier alpha value is -3.12. The molecule has 0 spiro atoms. The topological polar surface area (TPSA) is 98.3 Å². The first-order valence-corrected chi connectivity index (χ1v) is 15.4. The number of hydrogen-bond acceptors (Lipinski definition) is 9. The molecule has 11 heteroatoms. The second-order valence-corrected chi connectivity index (χ2v) is 13.1. The predicted molar refractivity (Wildman–Crippen MR) is 165 cm³/mol. The van der Waals surface area contributed by atoms with E-state index in [1.807, 2.05) is 36.4 Å². The van der Waals surface area contributed by atoms with Crippen molar-refractivity contribution in [1.29, 1.82) is 0 Å². The van der Waals surface area contributed by atoms with Crippen molar-refractivity contribution in [3.05, 3.63) is 48.3 Å². The number of hydrogen-bond donors (Lipinski definition) is 1. The second-order valence-electron chi connectivity index (χ2n) is 10.7. The van der Waals surface area contributed by atoms with Crippen LogP contribution in [0, 0.1) is 0 Å². The molecule has 1 unspecified atom stereocenters. The van der Waals surface area contributed by atoms with E-state index < -0.39 is 0 Å². The summed E-state index contributed by atoms with van der Waals surface area (Å²) in [7, 11) is 3.27. The highest BCUT2D eigenvalue weighted by atomic mass is 32.2. The number of ether oxygens (including phenoxy) is 3. The fourth-order valence-corrected chi connectivity index (χ4v) is 4.98. The molecule has 1 atom stereocenters. The number of amides is 1. The number of aromatic nitrogens is 2. The third kappa shape index (κ3) is 8.45. The molecule has 0 radical (unpaired) electrons. The van der Waals surface area contributed by atoms with Crippen molar-refractivity contribution in [1.82, 2.24) is 20.2 Å². The van der Waals surface area contributed by atoms with Crippen LogP contribution >= 0.6 is 0 Å². The average Bonchev–Trinajstić information content (AvgIpc) is 2.98. The first-order chi connectivity index (χ1) is 19.7. The van der Waals surface area contributed by atoms with E-state index in [0.29, 0.717) is 42.2 Å². The smallest absolute Gasteiger partial charge is 0.271 e. The molecule has 1 amide bonds. The number of carbonyl (C=O) groups excluding carboxylic acids is 1. The minimum absolute atomic E-state index is 0.0573.